The van der Waals surface area contributed by atoms with Gasteiger partial charge in [0.1, 0.15) is 4.90 Å². The second kappa shape index (κ2) is 7.73. The van der Waals surface area contributed by atoms with Crippen LogP contribution in [0.3, 0.4) is 0 Å². The summed E-state index contributed by atoms with van der Waals surface area (Å²) in [4.78, 5) is 1.35. The Morgan fingerprint density at radius 1 is 1.42 bits per heavy atom. The molecule has 0 aliphatic heterocycles. The maximum Gasteiger partial charge on any atom is 0.242 e. The average molecular weight is 369 g/mol. The Labute approximate surface area is 128 Å². The maximum atomic E-state index is 12.2. The highest BCUT2D eigenvalue weighted by molar-refractivity contribution is 9.11. The number of sulfonamides is 1. The minimum Gasteiger partial charge on any atom is -0.312 e. The van der Waals surface area contributed by atoms with Crippen molar-refractivity contribution in [1.82, 2.24) is 10.0 Å². The molecule has 0 aliphatic rings. The Balaban J connectivity index is 2.74. The lowest BCUT2D eigenvalue weighted by Gasteiger charge is -2.07. The lowest BCUT2D eigenvalue weighted by atomic mass is 10.1. The number of nitrogens with one attached hydrogen (secondary N) is 2. The summed E-state index contributed by atoms with van der Waals surface area (Å²) in [6.07, 6.45) is 0.839. The Morgan fingerprint density at radius 3 is 2.68 bits per heavy atom. The van der Waals surface area contributed by atoms with Gasteiger partial charge < -0.3 is 5.32 Å². The molecule has 0 atom stereocenters. The Hall–Kier alpha value is 0.0500. The third kappa shape index (κ3) is 5.51. The Kier molecular flexibility index (Phi) is 6.96. The number of thiophene rings is 1. The number of hydrogen-bond acceptors (Lipinski definition) is 4. The fraction of sp³-hybridized carbons (Fsp3) is 0.667. The van der Waals surface area contributed by atoms with E-state index in [0.717, 1.165) is 17.8 Å². The lowest BCUT2D eigenvalue weighted by molar-refractivity contribution is 0.551. The summed E-state index contributed by atoms with van der Waals surface area (Å²) in [5, 5.41) is 3.19. The van der Waals surface area contributed by atoms with Crippen LogP contribution in [0.25, 0.3) is 0 Å². The van der Waals surface area contributed by atoms with Gasteiger partial charge in [-0.3, -0.25) is 0 Å². The van der Waals surface area contributed by atoms with E-state index in [-0.39, 0.29) is 0 Å². The molecule has 4 nitrogen and oxygen atoms in total. The largest absolute Gasteiger partial charge is 0.312 e. The zero-order valence-corrected chi connectivity index (χ0v) is 14.7. The van der Waals surface area contributed by atoms with Crippen LogP contribution in [0.5, 0.6) is 0 Å². The summed E-state index contributed by atoms with van der Waals surface area (Å²) < 4.78 is 27.6. The van der Waals surface area contributed by atoms with Crippen molar-refractivity contribution in [1.29, 1.82) is 0 Å². The van der Waals surface area contributed by atoms with Gasteiger partial charge in [0, 0.05) is 18.0 Å². The van der Waals surface area contributed by atoms with Crippen LogP contribution in [-0.2, 0) is 16.6 Å². The molecule has 0 fully saturated rings. The van der Waals surface area contributed by atoms with E-state index in [1.54, 1.807) is 6.07 Å². The second-order valence-corrected chi connectivity index (χ2v) is 8.90. The van der Waals surface area contributed by atoms with Crippen molar-refractivity contribution in [3.63, 3.8) is 0 Å². The predicted octanol–water partition coefficient (Wildman–Crippen LogP) is 2.94. The Bertz CT molecular complexity index is 498. The summed E-state index contributed by atoms with van der Waals surface area (Å²) in [6.45, 7) is 8.21. The molecule has 0 unspecified atom stereocenters. The smallest absolute Gasteiger partial charge is 0.242 e. The first kappa shape index (κ1) is 17.1. The van der Waals surface area contributed by atoms with Crippen LogP contribution in [-0.4, -0.2) is 21.5 Å². The summed E-state index contributed by atoms with van der Waals surface area (Å²) in [5.74, 6) is 0.484. The third-order valence-electron chi connectivity index (χ3n) is 2.56. The van der Waals surface area contributed by atoms with Crippen LogP contribution in [0.4, 0.5) is 0 Å². The van der Waals surface area contributed by atoms with Gasteiger partial charge in [0.2, 0.25) is 10.0 Å². The van der Waals surface area contributed by atoms with Gasteiger partial charge in [0.15, 0.2) is 0 Å². The summed E-state index contributed by atoms with van der Waals surface area (Å²) in [5.41, 5.74) is 0. The molecule has 1 heterocycles. The second-order valence-electron chi connectivity index (χ2n) is 4.71. The molecule has 1 rings (SSSR count). The normalized spacial score (nSPS) is 12.3. The monoisotopic (exact) mass is 368 g/mol. The topological polar surface area (TPSA) is 58.2 Å². The predicted molar refractivity (Wildman–Crippen MR) is 84.0 cm³/mol. The van der Waals surface area contributed by atoms with Gasteiger partial charge in [-0.15, -0.1) is 11.3 Å². The van der Waals surface area contributed by atoms with E-state index in [9.17, 15) is 8.42 Å². The summed E-state index contributed by atoms with van der Waals surface area (Å²) >= 11 is 4.79. The van der Waals surface area contributed by atoms with Gasteiger partial charge in [-0.1, -0.05) is 20.8 Å². The van der Waals surface area contributed by atoms with E-state index < -0.39 is 10.0 Å². The van der Waals surface area contributed by atoms with Crippen LogP contribution in [0, 0.1) is 5.92 Å². The summed E-state index contributed by atoms with van der Waals surface area (Å²) in [6, 6.07) is 1.73. The third-order valence-corrected chi connectivity index (χ3v) is 6.27. The van der Waals surface area contributed by atoms with Crippen molar-refractivity contribution in [2.45, 2.75) is 38.6 Å². The molecule has 110 valence electrons. The molecule has 2 N–H and O–H groups in total. The molecule has 0 saturated carbocycles. The number of rotatable bonds is 8. The molecule has 0 saturated heterocycles. The molecule has 7 heteroatoms. The van der Waals surface area contributed by atoms with Crippen molar-refractivity contribution in [2.24, 2.45) is 5.92 Å². The van der Waals surface area contributed by atoms with Gasteiger partial charge in [-0.05, 0) is 40.9 Å². The number of halogens is 1. The van der Waals surface area contributed by atoms with Crippen molar-refractivity contribution in [3.05, 3.63) is 14.7 Å². The van der Waals surface area contributed by atoms with Crippen LogP contribution in [0.1, 0.15) is 32.1 Å². The van der Waals surface area contributed by atoms with Crippen molar-refractivity contribution in [3.8, 4) is 0 Å². The fourth-order valence-corrected chi connectivity index (χ4v) is 5.17. The highest BCUT2D eigenvalue weighted by atomic mass is 79.9. The minimum atomic E-state index is -3.41. The molecular weight excluding hydrogens is 348 g/mol. The standard InChI is InChI=1S/C12H21BrN2O2S2/c1-4-14-8-10-7-11(12(13)18-10)19(16,17)15-6-5-9(2)3/h7,9,14-15H,4-6,8H2,1-3H3. The van der Waals surface area contributed by atoms with Gasteiger partial charge in [-0.25, -0.2) is 13.1 Å². The maximum absolute atomic E-state index is 12.2. The van der Waals surface area contributed by atoms with E-state index in [1.165, 1.54) is 11.3 Å². The SMILES string of the molecule is CCNCc1cc(S(=O)(=O)NCCC(C)C)c(Br)s1. The molecule has 1 aromatic heterocycles. The molecule has 0 aromatic carbocycles. The number of hydrogen-bond donors (Lipinski definition) is 2. The van der Waals surface area contributed by atoms with Gasteiger partial charge in [0.25, 0.3) is 0 Å². The highest BCUT2D eigenvalue weighted by Gasteiger charge is 2.20. The zero-order valence-electron chi connectivity index (χ0n) is 11.5. The van der Waals surface area contributed by atoms with E-state index in [1.807, 2.05) is 6.92 Å². The van der Waals surface area contributed by atoms with Gasteiger partial charge >= 0.3 is 0 Å². The van der Waals surface area contributed by atoms with E-state index >= 15 is 0 Å². The summed E-state index contributed by atoms with van der Waals surface area (Å²) in [7, 11) is -3.41. The first-order valence-electron chi connectivity index (χ1n) is 6.35. The average Bonchev–Trinajstić information content (AvgIpc) is 2.68. The van der Waals surface area contributed by atoms with E-state index in [0.29, 0.717) is 27.7 Å². The van der Waals surface area contributed by atoms with Crippen LogP contribution < -0.4 is 10.0 Å². The molecule has 0 radical (unpaired) electrons. The lowest BCUT2D eigenvalue weighted by Crippen LogP contribution is -2.25. The van der Waals surface area contributed by atoms with Crippen molar-refractivity contribution in [2.75, 3.05) is 13.1 Å². The molecule has 19 heavy (non-hydrogen) atoms. The zero-order chi connectivity index (χ0) is 14.5. The van der Waals surface area contributed by atoms with Crippen LogP contribution in [0.15, 0.2) is 14.7 Å². The quantitative estimate of drug-likeness (QED) is 0.741. The molecule has 0 aliphatic carbocycles. The van der Waals surface area contributed by atoms with Gasteiger partial charge in [-0.2, -0.15) is 0 Å². The minimum absolute atomic E-state index is 0.342. The first-order chi connectivity index (χ1) is 8.86. The van der Waals surface area contributed by atoms with E-state index in [4.69, 9.17) is 0 Å². The van der Waals surface area contributed by atoms with E-state index in [2.05, 4.69) is 39.8 Å². The van der Waals surface area contributed by atoms with Gasteiger partial charge in [0.05, 0.1) is 3.79 Å². The fourth-order valence-electron chi connectivity index (χ4n) is 1.48. The molecule has 0 bridgehead atoms. The van der Waals surface area contributed by atoms with Crippen molar-refractivity contribution >= 4 is 37.3 Å². The van der Waals surface area contributed by atoms with Crippen LogP contribution in [0.2, 0.25) is 0 Å². The molecule has 0 amide bonds. The molecule has 0 spiro atoms. The van der Waals surface area contributed by atoms with Crippen molar-refractivity contribution < 1.29 is 8.42 Å². The van der Waals surface area contributed by atoms with Crippen LogP contribution >= 0.6 is 27.3 Å². The molecular formula is C12H21BrN2O2S2. The Morgan fingerprint density at radius 2 is 2.11 bits per heavy atom. The molecule has 1 aromatic rings. The first-order valence-corrected chi connectivity index (χ1v) is 9.44. The highest BCUT2D eigenvalue weighted by Crippen LogP contribution is 2.31.